The third kappa shape index (κ3) is 1.90. The van der Waals surface area contributed by atoms with Crippen LogP contribution < -0.4 is 0 Å². The molecular formula is C8H7Cl2NO. The molecule has 0 bridgehead atoms. The van der Waals surface area contributed by atoms with Crippen molar-refractivity contribution >= 4 is 29.5 Å². The molecule has 0 radical (unpaired) electrons. The first-order valence-corrected chi connectivity index (χ1v) is 4.02. The summed E-state index contributed by atoms with van der Waals surface area (Å²) in [7, 11) is 0. The highest BCUT2D eigenvalue weighted by Gasteiger charge is 2.12. The minimum atomic E-state index is -0.406. The van der Waals surface area contributed by atoms with Crippen molar-refractivity contribution in [3.8, 4) is 0 Å². The summed E-state index contributed by atoms with van der Waals surface area (Å²) in [5.74, 6) is -0.406. The van der Waals surface area contributed by atoms with E-state index in [9.17, 15) is 4.79 Å². The number of halogens is 2. The molecule has 0 spiro atoms. The second-order valence-electron chi connectivity index (χ2n) is 2.35. The lowest BCUT2D eigenvalue weighted by atomic mass is 10.1. The summed E-state index contributed by atoms with van der Waals surface area (Å²) in [5.41, 5.74) is 1.37. The van der Waals surface area contributed by atoms with E-state index >= 15 is 0 Å². The zero-order chi connectivity index (χ0) is 9.14. The zero-order valence-corrected chi connectivity index (χ0v) is 7.93. The van der Waals surface area contributed by atoms with Gasteiger partial charge in [0.2, 0.25) is 0 Å². The van der Waals surface area contributed by atoms with Crippen molar-refractivity contribution in [1.29, 1.82) is 0 Å². The Hall–Kier alpha value is -0.730. The third-order valence-electron chi connectivity index (χ3n) is 1.53. The second kappa shape index (κ2) is 3.78. The molecule has 12 heavy (non-hydrogen) atoms. The van der Waals surface area contributed by atoms with Gasteiger partial charge in [0.1, 0.15) is 0 Å². The summed E-state index contributed by atoms with van der Waals surface area (Å²) in [5, 5.41) is 0. The molecule has 64 valence electrons. The standard InChI is InChI=1S/C8H7Cl2NO/c1-6-4-2-3-5-7(6)8(12)11(9)10/h2-5H,1H3. The van der Waals surface area contributed by atoms with Crippen LogP contribution in [-0.4, -0.2) is 9.85 Å². The fourth-order valence-corrected chi connectivity index (χ4v) is 1.09. The van der Waals surface area contributed by atoms with Gasteiger partial charge in [0, 0.05) is 29.1 Å². The number of hydrogen-bond donors (Lipinski definition) is 0. The van der Waals surface area contributed by atoms with Crippen LogP contribution in [0.15, 0.2) is 24.3 Å². The van der Waals surface area contributed by atoms with Crippen LogP contribution in [-0.2, 0) is 0 Å². The van der Waals surface area contributed by atoms with Gasteiger partial charge in [-0.3, -0.25) is 4.79 Å². The van der Waals surface area contributed by atoms with Crippen LogP contribution in [0, 0.1) is 6.92 Å². The van der Waals surface area contributed by atoms with Crippen LogP contribution in [0.1, 0.15) is 15.9 Å². The maximum Gasteiger partial charge on any atom is 0.283 e. The van der Waals surface area contributed by atoms with E-state index in [2.05, 4.69) is 0 Å². The van der Waals surface area contributed by atoms with Crippen LogP contribution in [0.4, 0.5) is 0 Å². The van der Waals surface area contributed by atoms with Crippen molar-refractivity contribution in [2.45, 2.75) is 6.92 Å². The van der Waals surface area contributed by atoms with Gasteiger partial charge in [0.25, 0.3) is 5.91 Å². The van der Waals surface area contributed by atoms with E-state index in [0.717, 1.165) is 5.56 Å². The van der Waals surface area contributed by atoms with E-state index in [1.54, 1.807) is 12.1 Å². The van der Waals surface area contributed by atoms with E-state index in [1.807, 2.05) is 19.1 Å². The molecule has 0 aromatic heterocycles. The summed E-state index contributed by atoms with van der Waals surface area (Å²) in [4.78, 5) is 11.2. The monoisotopic (exact) mass is 203 g/mol. The topological polar surface area (TPSA) is 20.3 Å². The molecule has 0 aliphatic rings. The highest BCUT2D eigenvalue weighted by molar-refractivity contribution is 6.43. The fourth-order valence-electron chi connectivity index (χ4n) is 0.904. The van der Waals surface area contributed by atoms with Gasteiger partial charge >= 0.3 is 0 Å². The molecule has 0 heterocycles. The molecule has 0 atom stereocenters. The Labute approximate surface area is 80.9 Å². The number of aryl methyl sites for hydroxylation is 1. The first-order valence-electron chi connectivity index (χ1n) is 3.34. The van der Waals surface area contributed by atoms with Gasteiger partial charge < -0.3 is 0 Å². The number of carbonyl (C=O) groups excluding carboxylic acids is 1. The zero-order valence-electron chi connectivity index (χ0n) is 6.42. The van der Waals surface area contributed by atoms with Crippen LogP contribution in [0.2, 0.25) is 0 Å². The van der Waals surface area contributed by atoms with Crippen molar-refractivity contribution in [3.05, 3.63) is 35.4 Å². The normalized spacial score (nSPS) is 9.58. The molecule has 0 saturated carbocycles. The average Bonchev–Trinajstić information content (AvgIpc) is 2.04. The van der Waals surface area contributed by atoms with Gasteiger partial charge in [-0.15, -0.1) is 0 Å². The van der Waals surface area contributed by atoms with Crippen LogP contribution in [0.5, 0.6) is 0 Å². The van der Waals surface area contributed by atoms with Gasteiger partial charge in [0.15, 0.2) is 0 Å². The fraction of sp³-hybridized carbons (Fsp3) is 0.125. The van der Waals surface area contributed by atoms with Crippen LogP contribution >= 0.6 is 23.6 Å². The molecule has 4 heteroatoms. The largest absolute Gasteiger partial charge is 0.283 e. The predicted octanol–water partition coefficient (Wildman–Crippen LogP) is 2.74. The lowest BCUT2D eigenvalue weighted by molar-refractivity contribution is 0.0923. The molecule has 1 rings (SSSR count). The lowest BCUT2D eigenvalue weighted by Gasteiger charge is -2.05. The second-order valence-corrected chi connectivity index (χ2v) is 3.20. The van der Waals surface area contributed by atoms with Crippen molar-refractivity contribution in [1.82, 2.24) is 3.94 Å². The van der Waals surface area contributed by atoms with E-state index in [4.69, 9.17) is 23.6 Å². The molecule has 0 fully saturated rings. The first-order chi connectivity index (χ1) is 5.63. The number of carbonyl (C=O) groups is 1. The predicted molar refractivity (Wildman–Crippen MR) is 49.1 cm³/mol. The van der Waals surface area contributed by atoms with Crippen LogP contribution in [0.25, 0.3) is 0 Å². The number of rotatable bonds is 1. The van der Waals surface area contributed by atoms with E-state index < -0.39 is 5.91 Å². The molecule has 1 aromatic carbocycles. The Morgan fingerprint density at radius 3 is 2.42 bits per heavy atom. The van der Waals surface area contributed by atoms with Crippen molar-refractivity contribution in [2.24, 2.45) is 0 Å². The third-order valence-corrected chi connectivity index (χ3v) is 1.84. The number of benzene rings is 1. The molecule has 0 N–H and O–H groups in total. The summed E-state index contributed by atoms with van der Waals surface area (Å²) in [6.45, 7) is 1.82. The Bertz CT molecular complexity index is 299. The highest BCUT2D eigenvalue weighted by atomic mass is 35.5. The molecule has 0 aliphatic heterocycles. The molecule has 2 nitrogen and oxygen atoms in total. The van der Waals surface area contributed by atoms with E-state index in [1.165, 1.54) is 0 Å². The smallest absolute Gasteiger partial charge is 0.266 e. The maximum absolute atomic E-state index is 11.2. The van der Waals surface area contributed by atoms with Crippen LogP contribution in [0.3, 0.4) is 0 Å². The van der Waals surface area contributed by atoms with E-state index in [0.29, 0.717) is 9.50 Å². The Balaban J connectivity index is 3.03. The van der Waals surface area contributed by atoms with Gasteiger partial charge in [0.05, 0.1) is 0 Å². The van der Waals surface area contributed by atoms with Gasteiger partial charge in [-0.25, -0.2) is 0 Å². The number of amides is 1. The molecule has 0 unspecified atom stereocenters. The summed E-state index contributed by atoms with van der Waals surface area (Å²) in [6.07, 6.45) is 0. The minimum absolute atomic E-state index is 0.406. The average molecular weight is 204 g/mol. The van der Waals surface area contributed by atoms with Crippen molar-refractivity contribution in [3.63, 3.8) is 0 Å². The summed E-state index contributed by atoms with van der Waals surface area (Å²) < 4.78 is 0.530. The van der Waals surface area contributed by atoms with Gasteiger partial charge in [-0.05, 0) is 18.6 Å². The van der Waals surface area contributed by atoms with Crippen molar-refractivity contribution in [2.75, 3.05) is 0 Å². The molecular weight excluding hydrogens is 197 g/mol. The highest BCUT2D eigenvalue weighted by Crippen LogP contribution is 2.13. The Kier molecular flexibility index (Phi) is 2.95. The summed E-state index contributed by atoms with van der Waals surface area (Å²) >= 11 is 10.6. The molecule has 1 amide bonds. The maximum atomic E-state index is 11.2. The van der Waals surface area contributed by atoms with Crippen molar-refractivity contribution < 1.29 is 4.79 Å². The SMILES string of the molecule is Cc1ccccc1C(=O)N(Cl)Cl. The van der Waals surface area contributed by atoms with Gasteiger partial charge in [-0.2, -0.15) is 3.94 Å². The molecule has 0 aliphatic carbocycles. The number of nitrogens with zero attached hydrogens (tertiary/aromatic N) is 1. The molecule has 1 aromatic rings. The molecule has 0 saturated heterocycles. The lowest BCUT2D eigenvalue weighted by Crippen LogP contribution is -2.12. The van der Waals surface area contributed by atoms with E-state index in [-0.39, 0.29) is 0 Å². The quantitative estimate of drug-likeness (QED) is 0.644. The Morgan fingerprint density at radius 1 is 1.33 bits per heavy atom. The summed E-state index contributed by atoms with van der Waals surface area (Å²) in [6, 6.07) is 7.11. The minimum Gasteiger partial charge on any atom is -0.266 e. The van der Waals surface area contributed by atoms with Gasteiger partial charge in [-0.1, -0.05) is 18.2 Å². The Morgan fingerprint density at radius 2 is 1.92 bits per heavy atom. The first kappa shape index (κ1) is 9.36. The number of hydrogen-bond acceptors (Lipinski definition) is 1.